The maximum absolute atomic E-state index is 9.71. The average Bonchev–Trinajstić information content (AvgIpc) is 2.56. The van der Waals surface area contributed by atoms with Crippen molar-refractivity contribution >= 4 is 11.6 Å². The van der Waals surface area contributed by atoms with Crippen LogP contribution in [-0.4, -0.2) is 15.3 Å². The van der Waals surface area contributed by atoms with Crippen LogP contribution in [0.1, 0.15) is 69.7 Å². The molecule has 3 rings (SSSR count). The molecular formula is C23H28O3. The largest absolute Gasteiger partial charge is 0.504 e. The molecule has 3 heteroatoms. The van der Waals surface area contributed by atoms with E-state index in [2.05, 4.69) is 45.9 Å². The lowest BCUT2D eigenvalue weighted by Gasteiger charge is -2.42. The SMILES string of the molecule is CC(=Cc1cc(O)c(O)c(O)c1)c1ccc2c(c1)C(C)(C)CCC2(C)C. The molecule has 0 fully saturated rings. The Morgan fingerprint density at radius 3 is 1.96 bits per heavy atom. The molecule has 0 bridgehead atoms. The average molecular weight is 352 g/mol. The molecule has 26 heavy (non-hydrogen) atoms. The van der Waals surface area contributed by atoms with E-state index < -0.39 is 5.75 Å². The molecule has 0 aromatic heterocycles. The summed E-state index contributed by atoms with van der Waals surface area (Å²) in [6.07, 6.45) is 4.26. The van der Waals surface area contributed by atoms with Crippen molar-refractivity contribution in [2.24, 2.45) is 0 Å². The van der Waals surface area contributed by atoms with Gasteiger partial charge in [0, 0.05) is 0 Å². The maximum Gasteiger partial charge on any atom is 0.200 e. The minimum Gasteiger partial charge on any atom is -0.504 e. The summed E-state index contributed by atoms with van der Waals surface area (Å²) in [6.45, 7) is 11.3. The highest BCUT2D eigenvalue weighted by Gasteiger charge is 2.36. The lowest BCUT2D eigenvalue weighted by Crippen LogP contribution is -2.33. The highest BCUT2D eigenvalue weighted by atomic mass is 16.3. The van der Waals surface area contributed by atoms with E-state index in [1.807, 2.05) is 13.0 Å². The number of phenolic OH excluding ortho intramolecular Hbond substituents is 3. The van der Waals surface area contributed by atoms with Gasteiger partial charge in [-0.2, -0.15) is 0 Å². The van der Waals surface area contributed by atoms with Crippen LogP contribution in [-0.2, 0) is 10.8 Å². The van der Waals surface area contributed by atoms with E-state index in [0.717, 1.165) is 11.1 Å². The summed E-state index contributed by atoms with van der Waals surface area (Å²) in [5.74, 6) is -1.13. The van der Waals surface area contributed by atoms with Crippen LogP contribution in [0, 0.1) is 0 Å². The van der Waals surface area contributed by atoms with Crippen molar-refractivity contribution in [2.45, 2.75) is 58.3 Å². The first-order chi connectivity index (χ1) is 12.0. The van der Waals surface area contributed by atoms with Crippen LogP contribution >= 0.6 is 0 Å². The van der Waals surface area contributed by atoms with Crippen molar-refractivity contribution in [3.8, 4) is 17.2 Å². The van der Waals surface area contributed by atoms with Crippen LogP contribution in [0.25, 0.3) is 11.6 Å². The molecule has 0 unspecified atom stereocenters. The van der Waals surface area contributed by atoms with Gasteiger partial charge in [-0.1, -0.05) is 52.0 Å². The number of rotatable bonds is 2. The van der Waals surface area contributed by atoms with Crippen molar-refractivity contribution in [3.63, 3.8) is 0 Å². The number of hydrogen-bond acceptors (Lipinski definition) is 3. The second-order valence-electron chi connectivity index (χ2n) is 8.76. The zero-order valence-corrected chi connectivity index (χ0v) is 16.2. The second-order valence-corrected chi connectivity index (χ2v) is 8.76. The van der Waals surface area contributed by atoms with Gasteiger partial charge >= 0.3 is 0 Å². The molecule has 0 saturated carbocycles. The summed E-state index contributed by atoms with van der Waals surface area (Å²) in [7, 11) is 0. The monoisotopic (exact) mass is 352 g/mol. The van der Waals surface area contributed by atoms with E-state index in [1.54, 1.807) is 0 Å². The molecule has 0 spiro atoms. The number of hydrogen-bond donors (Lipinski definition) is 3. The minimum absolute atomic E-state index is 0.149. The second kappa shape index (κ2) is 6.08. The van der Waals surface area contributed by atoms with E-state index in [0.29, 0.717) is 5.56 Å². The van der Waals surface area contributed by atoms with Crippen LogP contribution in [0.5, 0.6) is 17.2 Å². The van der Waals surface area contributed by atoms with E-state index in [9.17, 15) is 15.3 Å². The molecule has 3 nitrogen and oxygen atoms in total. The topological polar surface area (TPSA) is 60.7 Å². The zero-order chi connectivity index (χ0) is 19.3. The molecule has 0 saturated heterocycles. The standard InChI is InChI=1S/C23H28O3/c1-14(10-15-11-19(24)21(26)20(25)12-15)16-6-7-17-18(13-16)23(4,5)9-8-22(17,2)3/h6-7,10-13,24-26H,8-9H2,1-5H3. The quantitative estimate of drug-likeness (QED) is 0.479. The van der Waals surface area contributed by atoms with Gasteiger partial charge in [-0.25, -0.2) is 0 Å². The van der Waals surface area contributed by atoms with Gasteiger partial charge in [-0.15, -0.1) is 0 Å². The summed E-state index contributed by atoms with van der Waals surface area (Å²) in [5, 5.41) is 28.9. The van der Waals surface area contributed by atoms with Gasteiger partial charge in [-0.3, -0.25) is 0 Å². The Bertz CT molecular complexity index is 865. The molecular weight excluding hydrogens is 324 g/mol. The molecule has 1 aliphatic rings. The van der Waals surface area contributed by atoms with Gasteiger partial charge in [-0.05, 0) is 70.6 Å². The molecule has 0 heterocycles. The van der Waals surface area contributed by atoms with E-state index in [4.69, 9.17) is 0 Å². The van der Waals surface area contributed by atoms with Crippen molar-refractivity contribution in [1.29, 1.82) is 0 Å². The molecule has 2 aromatic rings. The molecule has 2 aromatic carbocycles. The van der Waals surface area contributed by atoms with E-state index in [-0.39, 0.29) is 22.3 Å². The Hall–Kier alpha value is -2.42. The van der Waals surface area contributed by atoms with Gasteiger partial charge in [0.25, 0.3) is 0 Å². The Balaban J connectivity index is 2.05. The molecule has 0 amide bonds. The normalized spacial score (nSPS) is 18.4. The zero-order valence-electron chi connectivity index (χ0n) is 16.2. The van der Waals surface area contributed by atoms with Crippen LogP contribution in [0.15, 0.2) is 30.3 Å². The van der Waals surface area contributed by atoms with Gasteiger partial charge < -0.3 is 15.3 Å². The Labute approximate surface area is 155 Å². The highest BCUT2D eigenvalue weighted by molar-refractivity contribution is 5.82. The van der Waals surface area contributed by atoms with Crippen molar-refractivity contribution in [2.75, 3.05) is 0 Å². The summed E-state index contributed by atoms with van der Waals surface area (Å²) in [4.78, 5) is 0. The van der Waals surface area contributed by atoms with E-state index >= 15 is 0 Å². The summed E-state index contributed by atoms with van der Waals surface area (Å²) < 4.78 is 0. The van der Waals surface area contributed by atoms with Gasteiger partial charge in [0.05, 0.1) is 0 Å². The maximum atomic E-state index is 9.71. The molecule has 1 aliphatic carbocycles. The first-order valence-electron chi connectivity index (χ1n) is 9.10. The first-order valence-corrected chi connectivity index (χ1v) is 9.10. The van der Waals surface area contributed by atoms with Crippen molar-refractivity contribution in [1.82, 2.24) is 0 Å². The number of fused-ring (bicyclic) bond motifs is 1. The predicted molar refractivity (Wildman–Crippen MR) is 107 cm³/mol. The molecule has 0 aliphatic heterocycles. The third-order valence-corrected chi connectivity index (χ3v) is 5.78. The Morgan fingerprint density at radius 2 is 1.38 bits per heavy atom. The number of aromatic hydroxyl groups is 3. The van der Waals surface area contributed by atoms with E-state index in [1.165, 1.54) is 36.1 Å². The van der Waals surface area contributed by atoms with Crippen LogP contribution in [0.3, 0.4) is 0 Å². The van der Waals surface area contributed by atoms with Crippen molar-refractivity contribution < 1.29 is 15.3 Å². The molecule has 0 radical (unpaired) electrons. The minimum atomic E-state index is -0.488. The number of phenols is 3. The summed E-state index contributed by atoms with van der Waals surface area (Å²) in [5.41, 5.74) is 5.97. The summed E-state index contributed by atoms with van der Waals surface area (Å²) in [6, 6.07) is 9.57. The predicted octanol–water partition coefficient (Wildman–Crippen LogP) is 5.71. The Morgan fingerprint density at radius 1 is 0.846 bits per heavy atom. The fourth-order valence-corrected chi connectivity index (χ4v) is 3.88. The number of benzene rings is 2. The Kier molecular flexibility index (Phi) is 4.30. The smallest absolute Gasteiger partial charge is 0.200 e. The molecule has 0 atom stereocenters. The van der Waals surface area contributed by atoms with Gasteiger partial charge in [0.15, 0.2) is 17.2 Å². The van der Waals surface area contributed by atoms with Crippen LogP contribution in [0.2, 0.25) is 0 Å². The molecule has 3 N–H and O–H groups in total. The van der Waals surface area contributed by atoms with Crippen LogP contribution < -0.4 is 0 Å². The third-order valence-electron chi connectivity index (χ3n) is 5.78. The third kappa shape index (κ3) is 3.18. The van der Waals surface area contributed by atoms with Crippen LogP contribution in [0.4, 0.5) is 0 Å². The molecule has 138 valence electrons. The number of allylic oxidation sites excluding steroid dienone is 1. The van der Waals surface area contributed by atoms with Gasteiger partial charge in [0.2, 0.25) is 0 Å². The first kappa shape index (κ1) is 18.4. The lowest BCUT2D eigenvalue weighted by atomic mass is 9.63. The fourth-order valence-electron chi connectivity index (χ4n) is 3.88. The fraction of sp³-hybridized carbons (Fsp3) is 0.391. The highest BCUT2D eigenvalue weighted by Crippen LogP contribution is 2.46. The lowest BCUT2D eigenvalue weighted by molar-refractivity contribution is 0.332. The van der Waals surface area contributed by atoms with Gasteiger partial charge in [0.1, 0.15) is 0 Å². The summed E-state index contributed by atoms with van der Waals surface area (Å²) >= 11 is 0. The van der Waals surface area contributed by atoms with Crippen molar-refractivity contribution in [3.05, 3.63) is 52.6 Å².